The number of esters is 5. The topological polar surface area (TPSA) is 195 Å². The minimum atomic E-state index is -1.50. The van der Waals surface area contributed by atoms with Crippen LogP contribution in [0.4, 0.5) is 0 Å². The first kappa shape index (κ1) is 34.6. The van der Waals surface area contributed by atoms with Crippen molar-refractivity contribution in [1.29, 1.82) is 0 Å². The minimum absolute atomic E-state index is 0.0373. The second kappa shape index (κ2) is 16.1. The number of imide groups is 1. The van der Waals surface area contributed by atoms with Crippen LogP contribution in [-0.2, 0) is 38.3 Å². The van der Waals surface area contributed by atoms with Crippen molar-refractivity contribution >= 4 is 53.8 Å². The summed E-state index contributed by atoms with van der Waals surface area (Å²) in [7, 11) is 1.06. The number of hydrogen-bond acceptors (Lipinski definition) is 13. The predicted molar refractivity (Wildman–Crippen MR) is 153 cm³/mol. The lowest BCUT2D eigenvalue weighted by Crippen LogP contribution is -2.51. The van der Waals surface area contributed by atoms with Gasteiger partial charge in [0.2, 0.25) is 0 Å². The van der Waals surface area contributed by atoms with Crippen molar-refractivity contribution in [2.45, 2.75) is 33.7 Å². The number of rotatable bonds is 11. The van der Waals surface area contributed by atoms with Gasteiger partial charge in [-0.2, -0.15) is 0 Å². The van der Waals surface area contributed by atoms with Crippen LogP contribution in [-0.4, -0.2) is 66.3 Å². The number of ether oxygens (including phenoxy) is 5. The van der Waals surface area contributed by atoms with Crippen molar-refractivity contribution in [1.82, 2.24) is 4.90 Å². The third-order valence-corrected chi connectivity index (χ3v) is 5.27. The fourth-order valence-corrected chi connectivity index (χ4v) is 3.56. The molecule has 2 N–H and O–H groups in total. The van der Waals surface area contributed by atoms with E-state index in [1.807, 2.05) is 0 Å². The normalized spacial score (nSPS) is 11.4. The van der Waals surface area contributed by atoms with Gasteiger partial charge in [-0.05, 0) is 47.5 Å². The Bertz CT molecular complexity index is 1420. The molecule has 0 saturated carbocycles. The third-order valence-electron chi connectivity index (χ3n) is 5.27. The molecule has 0 saturated heterocycles. The van der Waals surface area contributed by atoms with Crippen molar-refractivity contribution in [3.8, 4) is 23.0 Å². The molecule has 14 heteroatoms. The van der Waals surface area contributed by atoms with Gasteiger partial charge in [-0.1, -0.05) is 12.1 Å². The third kappa shape index (κ3) is 10.3. The number of methoxy groups -OCH3 is 1. The molecule has 2 amide bonds. The first-order valence-electron chi connectivity index (χ1n) is 12.8. The Kier molecular flexibility index (Phi) is 12.7. The molecule has 14 nitrogen and oxygen atoms in total. The summed E-state index contributed by atoms with van der Waals surface area (Å²) in [5.41, 5.74) is 6.32. The van der Waals surface area contributed by atoms with Gasteiger partial charge in [0.1, 0.15) is 6.04 Å². The Morgan fingerprint density at radius 3 is 1.34 bits per heavy atom. The van der Waals surface area contributed by atoms with Gasteiger partial charge in [-0.25, -0.2) is 4.79 Å². The molecule has 2 aromatic carbocycles. The summed E-state index contributed by atoms with van der Waals surface area (Å²) in [4.78, 5) is 85.2. The number of nitrogens with zero attached hydrogens (tertiary/aromatic N) is 1. The van der Waals surface area contributed by atoms with Gasteiger partial charge >= 0.3 is 29.8 Å². The molecule has 2 aromatic rings. The highest BCUT2D eigenvalue weighted by atomic mass is 16.6. The zero-order valence-electron chi connectivity index (χ0n) is 24.5. The molecule has 0 aliphatic rings. The van der Waals surface area contributed by atoms with Crippen LogP contribution in [0.2, 0.25) is 0 Å². The second-order valence-corrected chi connectivity index (χ2v) is 8.77. The van der Waals surface area contributed by atoms with Crippen molar-refractivity contribution < 1.29 is 57.2 Å². The van der Waals surface area contributed by atoms with Crippen LogP contribution in [0.3, 0.4) is 0 Å². The molecule has 0 aliphatic carbocycles. The van der Waals surface area contributed by atoms with Gasteiger partial charge in [0.15, 0.2) is 23.0 Å². The standard InChI is InChI=1S/C30H30N2O12/c1-17(33)41-24-10-6-21(14-26(24)43-19(3)35)8-12-28(37)32(23(16-31)30(39)40-5)29(38)13-9-22-7-11-25(42-18(2)34)27(15-22)44-20(4)36/h6-15,23H,16,31H2,1-5H3. The molecule has 44 heavy (non-hydrogen) atoms. The number of hydrogen-bond donors (Lipinski definition) is 1. The highest BCUT2D eigenvalue weighted by molar-refractivity contribution is 6.10. The van der Waals surface area contributed by atoms with E-state index in [0.717, 1.165) is 47.0 Å². The average molecular weight is 611 g/mol. The van der Waals surface area contributed by atoms with E-state index < -0.39 is 54.2 Å². The number of nitrogens with two attached hydrogens (primary N) is 1. The summed E-state index contributed by atoms with van der Waals surface area (Å²) in [6, 6.07) is 6.70. The van der Waals surface area contributed by atoms with Gasteiger partial charge in [-0.3, -0.25) is 33.7 Å². The molecular weight excluding hydrogens is 580 g/mol. The van der Waals surface area contributed by atoms with E-state index in [1.54, 1.807) is 0 Å². The Balaban J connectivity index is 2.44. The predicted octanol–water partition coefficient (Wildman–Crippen LogP) is 1.97. The van der Waals surface area contributed by atoms with Crippen LogP contribution in [0.1, 0.15) is 38.8 Å². The summed E-state index contributed by atoms with van der Waals surface area (Å²) < 4.78 is 24.9. The summed E-state index contributed by atoms with van der Waals surface area (Å²) in [5, 5.41) is 0. The van der Waals surface area contributed by atoms with Crippen molar-refractivity contribution in [3.05, 3.63) is 59.7 Å². The lowest BCUT2D eigenvalue weighted by atomic mass is 10.1. The molecule has 232 valence electrons. The Hall–Kier alpha value is -5.63. The summed E-state index contributed by atoms with van der Waals surface area (Å²) in [5.74, 6) is -5.82. The van der Waals surface area contributed by atoms with Crippen LogP contribution < -0.4 is 24.7 Å². The van der Waals surface area contributed by atoms with Crippen molar-refractivity contribution in [2.24, 2.45) is 5.73 Å². The van der Waals surface area contributed by atoms with Crippen molar-refractivity contribution in [3.63, 3.8) is 0 Å². The largest absolute Gasteiger partial charge is 0.467 e. The Morgan fingerprint density at radius 1 is 0.659 bits per heavy atom. The fourth-order valence-electron chi connectivity index (χ4n) is 3.56. The summed E-state index contributed by atoms with van der Waals surface area (Å²) in [6.45, 7) is 4.15. The Labute approximate surface area is 251 Å². The number of amides is 2. The molecule has 0 bridgehead atoms. The molecule has 0 heterocycles. The molecule has 0 spiro atoms. The highest BCUT2D eigenvalue weighted by Gasteiger charge is 2.32. The zero-order chi connectivity index (χ0) is 33.0. The number of benzene rings is 2. The van der Waals surface area contributed by atoms with E-state index in [4.69, 9.17) is 29.4 Å². The van der Waals surface area contributed by atoms with Crippen molar-refractivity contribution in [2.75, 3.05) is 13.7 Å². The Morgan fingerprint density at radius 2 is 1.02 bits per heavy atom. The summed E-state index contributed by atoms with van der Waals surface area (Å²) >= 11 is 0. The molecule has 0 fully saturated rings. The van der Waals surface area contributed by atoms with Gasteiger partial charge in [0, 0.05) is 46.4 Å². The van der Waals surface area contributed by atoms with E-state index in [9.17, 15) is 33.6 Å². The average Bonchev–Trinajstić information content (AvgIpc) is 2.94. The molecule has 0 radical (unpaired) electrons. The second-order valence-electron chi connectivity index (χ2n) is 8.77. The van der Waals surface area contributed by atoms with Gasteiger partial charge in [0.05, 0.1) is 7.11 Å². The molecular formula is C30H30N2O12. The van der Waals surface area contributed by atoms with Crippen LogP contribution in [0, 0.1) is 0 Å². The number of carbonyl (C=O) groups excluding carboxylic acids is 7. The van der Waals surface area contributed by atoms with E-state index in [0.29, 0.717) is 16.0 Å². The first-order valence-corrected chi connectivity index (χ1v) is 12.8. The molecule has 0 aromatic heterocycles. The highest BCUT2D eigenvalue weighted by Crippen LogP contribution is 2.30. The van der Waals surface area contributed by atoms with Gasteiger partial charge < -0.3 is 29.4 Å². The van der Waals surface area contributed by atoms with Crippen LogP contribution in [0.25, 0.3) is 12.2 Å². The fraction of sp³-hybridized carbons (Fsp3) is 0.233. The van der Waals surface area contributed by atoms with Crippen LogP contribution in [0.5, 0.6) is 23.0 Å². The molecule has 0 aliphatic heterocycles. The van der Waals surface area contributed by atoms with E-state index in [-0.39, 0.29) is 23.0 Å². The first-order chi connectivity index (χ1) is 20.7. The monoisotopic (exact) mass is 610 g/mol. The lowest BCUT2D eigenvalue weighted by Gasteiger charge is -2.25. The van der Waals surface area contributed by atoms with E-state index in [1.165, 1.54) is 48.6 Å². The number of carbonyl (C=O) groups is 7. The summed E-state index contributed by atoms with van der Waals surface area (Å²) in [6.07, 6.45) is 4.48. The molecule has 1 unspecified atom stereocenters. The van der Waals surface area contributed by atoms with Crippen LogP contribution >= 0.6 is 0 Å². The molecule has 2 rings (SSSR count). The van der Waals surface area contributed by atoms with Gasteiger partial charge in [0.25, 0.3) is 11.8 Å². The maximum atomic E-state index is 13.2. The zero-order valence-corrected chi connectivity index (χ0v) is 24.5. The minimum Gasteiger partial charge on any atom is -0.467 e. The van der Waals surface area contributed by atoms with Crippen LogP contribution in [0.15, 0.2) is 48.6 Å². The van der Waals surface area contributed by atoms with E-state index >= 15 is 0 Å². The quantitative estimate of drug-likeness (QED) is 0.221. The molecule has 1 atom stereocenters. The maximum Gasteiger partial charge on any atom is 0.330 e. The van der Waals surface area contributed by atoms with E-state index in [2.05, 4.69) is 0 Å². The SMILES string of the molecule is COC(=O)C(CN)N(C(=O)C=Cc1ccc(OC(C)=O)c(OC(C)=O)c1)C(=O)C=Cc1ccc(OC(C)=O)c(OC(C)=O)c1. The smallest absolute Gasteiger partial charge is 0.330 e. The van der Waals surface area contributed by atoms with Gasteiger partial charge in [-0.15, -0.1) is 0 Å². The lowest BCUT2D eigenvalue weighted by molar-refractivity contribution is -0.155. The maximum absolute atomic E-state index is 13.2.